The SMILES string of the molecule is Cc1cc(C#Cc2ccc(N(C)C)cc2)cnc1OCCO. The lowest BCUT2D eigenvalue weighted by Crippen LogP contribution is -2.07. The van der Waals surface area contributed by atoms with E-state index >= 15 is 0 Å². The molecule has 2 aromatic rings. The van der Waals surface area contributed by atoms with Crippen molar-refractivity contribution in [3.8, 4) is 17.7 Å². The molecule has 0 aliphatic carbocycles. The van der Waals surface area contributed by atoms with E-state index in [1.165, 1.54) is 0 Å². The smallest absolute Gasteiger partial charge is 0.216 e. The van der Waals surface area contributed by atoms with Crippen LogP contribution in [0.4, 0.5) is 5.69 Å². The minimum atomic E-state index is -0.0222. The van der Waals surface area contributed by atoms with Gasteiger partial charge in [-0.25, -0.2) is 4.98 Å². The maximum atomic E-state index is 8.76. The standard InChI is InChI=1S/C18H20N2O2/c1-14-12-16(13-19-18(14)22-11-10-21)5-4-15-6-8-17(9-7-15)20(2)3/h6-9,12-13,21H,10-11H2,1-3H3. The molecule has 1 aromatic heterocycles. The van der Waals surface area contributed by atoms with Crippen LogP contribution in [0, 0.1) is 18.8 Å². The first-order valence-electron chi connectivity index (χ1n) is 7.10. The van der Waals surface area contributed by atoms with Crippen LogP contribution in [-0.4, -0.2) is 37.4 Å². The van der Waals surface area contributed by atoms with Crippen molar-refractivity contribution in [2.75, 3.05) is 32.2 Å². The number of aliphatic hydroxyl groups excluding tert-OH is 1. The molecular weight excluding hydrogens is 276 g/mol. The maximum absolute atomic E-state index is 8.76. The summed E-state index contributed by atoms with van der Waals surface area (Å²) in [7, 11) is 4.02. The predicted molar refractivity (Wildman–Crippen MR) is 88.3 cm³/mol. The lowest BCUT2D eigenvalue weighted by Gasteiger charge is -2.11. The normalized spacial score (nSPS) is 9.82. The number of benzene rings is 1. The van der Waals surface area contributed by atoms with Crippen molar-refractivity contribution < 1.29 is 9.84 Å². The van der Waals surface area contributed by atoms with Crippen LogP contribution >= 0.6 is 0 Å². The first-order valence-corrected chi connectivity index (χ1v) is 7.10. The van der Waals surface area contributed by atoms with Crippen molar-refractivity contribution >= 4 is 5.69 Å². The number of nitrogens with zero attached hydrogens (tertiary/aromatic N) is 2. The molecule has 4 heteroatoms. The summed E-state index contributed by atoms with van der Waals surface area (Å²) < 4.78 is 5.33. The number of aromatic nitrogens is 1. The summed E-state index contributed by atoms with van der Waals surface area (Å²) in [6.45, 7) is 2.14. The number of aryl methyl sites for hydroxylation is 1. The first kappa shape index (κ1) is 15.9. The molecule has 2 rings (SSSR count). The Hall–Kier alpha value is -2.51. The fourth-order valence-electron chi connectivity index (χ4n) is 1.91. The van der Waals surface area contributed by atoms with E-state index in [2.05, 4.69) is 21.7 Å². The molecule has 0 spiro atoms. The Bertz CT molecular complexity index is 682. The van der Waals surface area contributed by atoms with Crippen LogP contribution < -0.4 is 9.64 Å². The first-order chi connectivity index (χ1) is 10.6. The van der Waals surface area contributed by atoms with Gasteiger partial charge in [-0.2, -0.15) is 0 Å². The monoisotopic (exact) mass is 296 g/mol. The molecule has 0 saturated carbocycles. The zero-order chi connectivity index (χ0) is 15.9. The Balaban J connectivity index is 2.12. The summed E-state index contributed by atoms with van der Waals surface area (Å²) in [5, 5.41) is 8.76. The van der Waals surface area contributed by atoms with Gasteiger partial charge in [-0.05, 0) is 37.3 Å². The van der Waals surface area contributed by atoms with Gasteiger partial charge in [-0.15, -0.1) is 0 Å². The van der Waals surface area contributed by atoms with Gasteiger partial charge in [0.15, 0.2) is 0 Å². The lowest BCUT2D eigenvalue weighted by atomic mass is 10.1. The topological polar surface area (TPSA) is 45.6 Å². The van der Waals surface area contributed by atoms with E-state index in [9.17, 15) is 0 Å². The molecule has 0 bridgehead atoms. The van der Waals surface area contributed by atoms with Crippen LogP contribution in [-0.2, 0) is 0 Å². The summed E-state index contributed by atoms with van der Waals surface area (Å²) in [6.07, 6.45) is 1.68. The molecule has 0 aliphatic heterocycles. The number of hydrogen-bond acceptors (Lipinski definition) is 4. The minimum Gasteiger partial charge on any atom is -0.475 e. The fraction of sp³-hybridized carbons (Fsp3) is 0.278. The van der Waals surface area contributed by atoms with Gasteiger partial charge < -0.3 is 14.7 Å². The van der Waals surface area contributed by atoms with Crippen LogP contribution in [0.2, 0.25) is 0 Å². The highest BCUT2D eigenvalue weighted by Crippen LogP contribution is 2.15. The second-order valence-corrected chi connectivity index (χ2v) is 5.11. The number of pyridine rings is 1. The highest BCUT2D eigenvalue weighted by molar-refractivity contribution is 5.51. The van der Waals surface area contributed by atoms with Gasteiger partial charge in [0.2, 0.25) is 5.88 Å². The number of anilines is 1. The van der Waals surface area contributed by atoms with Gasteiger partial charge in [0, 0.05) is 42.7 Å². The molecule has 0 unspecified atom stereocenters. The second kappa shape index (κ2) is 7.48. The molecule has 1 N–H and O–H groups in total. The lowest BCUT2D eigenvalue weighted by molar-refractivity contribution is 0.196. The molecule has 114 valence electrons. The molecule has 22 heavy (non-hydrogen) atoms. The molecule has 0 saturated heterocycles. The largest absolute Gasteiger partial charge is 0.475 e. The average Bonchev–Trinajstić information content (AvgIpc) is 2.52. The summed E-state index contributed by atoms with van der Waals surface area (Å²) in [4.78, 5) is 6.27. The van der Waals surface area contributed by atoms with Gasteiger partial charge >= 0.3 is 0 Å². The minimum absolute atomic E-state index is 0.0222. The quantitative estimate of drug-likeness (QED) is 0.879. The van der Waals surface area contributed by atoms with E-state index in [1.54, 1.807) is 6.20 Å². The van der Waals surface area contributed by atoms with Crippen molar-refractivity contribution in [1.29, 1.82) is 0 Å². The number of rotatable bonds is 4. The van der Waals surface area contributed by atoms with Crippen molar-refractivity contribution in [3.05, 3.63) is 53.2 Å². The van der Waals surface area contributed by atoms with Crippen LogP contribution in [0.5, 0.6) is 5.88 Å². The highest BCUT2D eigenvalue weighted by atomic mass is 16.5. The van der Waals surface area contributed by atoms with Crippen molar-refractivity contribution in [2.24, 2.45) is 0 Å². The summed E-state index contributed by atoms with van der Waals surface area (Å²) in [6, 6.07) is 10.0. The molecular formula is C18H20N2O2. The second-order valence-electron chi connectivity index (χ2n) is 5.11. The number of hydrogen-bond donors (Lipinski definition) is 1. The average molecular weight is 296 g/mol. The number of ether oxygens (including phenoxy) is 1. The molecule has 0 radical (unpaired) electrons. The van der Waals surface area contributed by atoms with Crippen LogP contribution in [0.1, 0.15) is 16.7 Å². The third kappa shape index (κ3) is 4.24. The van der Waals surface area contributed by atoms with E-state index in [1.807, 2.05) is 51.4 Å². The third-order valence-corrected chi connectivity index (χ3v) is 3.10. The molecule has 0 atom stereocenters. The summed E-state index contributed by atoms with van der Waals surface area (Å²) >= 11 is 0. The maximum Gasteiger partial charge on any atom is 0.216 e. The highest BCUT2D eigenvalue weighted by Gasteiger charge is 2.01. The molecule has 1 aromatic carbocycles. The van der Waals surface area contributed by atoms with Gasteiger partial charge in [0.25, 0.3) is 0 Å². The van der Waals surface area contributed by atoms with E-state index in [4.69, 9.17) is 9.84 Å². The molecule has 0 aliphatic rings. The van der Waals surface area contributed by atoms with E-state index < -0.39 is 0 Å². The zero-order valence-electron chi connectivity index (χ0n) is 13.1. The van der Waals surface area contributed by atoms with Crippen molar-refractivity contribution in [2.45, 2.75) is 6.92 Å². The van der Waals surface area contributed by atoms with Crippen LogP contribution in [0.25, 0.3) is 0 Å². The number of aliphatic hydroxyl groups is 1. The van der Waals surface area contributed by atoms with Gasteiger partial charge in [0.05, 0.1) is 6.61 Å². The molecule has 0 amide bonds. The zero-order valence-corrected chi connectivity index (χ0v) is 13.1. The Morgan fingerprint density at radius 2 is 1.82 bits per heavy atom. The van der Waals surface area contributed by atoms with Gasteiger partial charge in [-0.1, -0.05) is 11.8 Å². The Kier molecular flexibility index (Phi) is 5.40. The van der Waals surface area contributed by atoms with E-state index in [0.717, 1.165) is 22.4 Å². The summed E-state index contributed by atoms with van der Waals surface area (Å²) in [5.74, 6) is 6.77. The van der Waals surface area contributed by atoms with Gasteiger partial charge in [0.1, 0.15) is 6.61 Å². The summed E-state index contributed by atoms with van der Waals surface area (Å²) in [5.41, 5.74) is 3.85. The Labute approximate surface area is 131 Å². The van der Waals surface area contributed by atoms with Crippen molar-refractivity contribution in [3.63, 3.8) is 0 Å². The molecule has 4 nitrogen and oxygen atoms in total. The van der Waals surface area contributed by atoms with Crippen molar-refractivity contribution in [1.82, 2.24) is 4.98 Å². The van der Waals surface area contributed by atoms with Crippen LogP contribution in [0.15, 0.2) is 36.5 Å². The predicted octanol–water partition coefficient (Wildman–Crippen LogP) is 2.23. The molecule has 1 heterocycles. The fourth-order valence-corrected chi connectivity index (χ4v) is 1.91. The third-order valence-electron chi connectivity index (χ3n) is 3.10. The van der Waals surface area contributed by atoms with Gasteiger partial charge in [-0.3, -0.25) is 0 Å². The van der Waals surface area contributed by atoms with Crippen LogP contribution in [0.3, 0.4) is 0 Å². The van der Waals surface area contributed by atoms with E-state index in [0.29, 0.717) is 5.88 Å². The Morgan fingerprint density at radius 3 is 2.41 bits per heavy atom. The van der Waals surface area contributed by atoms with E-state index in [-0.39, 0.29) is 13.2 Å². The Morgan fingerprint density at radius 1 is 1.14 bits per heavy atom. The molecule has 0 fully saturated rings.